The molecule has 0 aliphatic heterocycles. The zero-order valence-corrected chi connectivity index (χ0v) is 11.6. The van der Waals surface area contributed by atoms with Gasteiger partial charge in [0.05, 0.1) is 16.1 Å². The third kappa shape index (κ3) is 3.45. The lowest BCUT2D eigenvalue weighted by Gasteiger charge is -2.06. The summed E-state index contributed by atoms with van der Waals surface area (Å²) in [6, 6.07) is 1.29. The lowest BCUT2D eigenvalue weighted by molar-refractivity contribution is -0.384. The van der Waals surface area contributed by atoms with Crippen LogP contribution in [0.15, 0.2) is 18.5 Å². The van der Waals surface area contributed by atoms with Gasteiger partial charge in [-0.25, -0.2) is 4.98 Å². The molecule has 8 heteroatoms. The normalized spacial score (nSPS) is 10.5. The molecular formula is C12H14ClN5O2. The van der Waals surface area contributed by atoms with E-state index >= 15 is 0 Å². The van der Waals surface area contributed by atoms with E-state index in [0.717, 1.165) is 24.1 Å². The Labute approximate surface area is 120 Å². The molecule has 0 saturated heterocycles. The van der Waals surface area contributed by atoms with Gasteiger partial charge in [-0.15, -0.1) is 0 Å². The van der Waals surface area contributed by atoms with Crippen LogP contribution < -0.4 is 5.32 Å². The summed E-state index contributed by atoms with van der Waals surface area (Å²) < 4.78 is 0. The van der Waals surface area contributed by atoms with Gasteiger partial charge in [0.1, 0.15) is 0 Å². The van der Waals surface area contributed by atoms with Gasteiger partial charge in [0.2, 0.25) is 5.82 Å². The zero-order chi connectivity index (χ0) is 14.5. The van der Waals surface area contributed by atoms with E-state index in [1.807, 2.05) is 6.92 Å². The molecule has 2 aromatic rings. The largest absolute Gasteiger partial charge is 0.364 e. The van der Waals surface area contributed by atoms with E-state index in [9.17, 15) is 10.1 Å². The predicted molar refractivity (Wildman–Crippen MR) is 76.0 cm³/mol. The first-order chi connectivity index (χ1) is 9.58. The average molecular weight is 296 g/mol. The maximum absolute atomic E-state index is 10.9. The first-order valence-electron chi connectivity index (χ1n) is 6.10. The van der Waals surface area contributed by atoms with E-state index in [-0.39, 0.29) is 16.5 Å². The zero-order valence-electron chi connectivity index (χ0n) is 10.9. The number of halogens is 1. The summed E-state index contributed by atoms with van der Waals surface area (Å²) in [6.07, 6.45) is 4.84. The SMILES string of the molecule is Cc1[nH]ncc1CCCNc1ncc(Cl)cc1[N+](=O)[O-]. The second-order valence-corrected chi connectivity index (χ2v) is 4.77. The molecule has 0 amide bonds. The molecule has 0 fully saturated rings. The summed E-state index contributed by atoms with van der Waals surface area (Å²) in [5.41, 5.74) is 2.07. The highest BCUT2D eigenvalue weighted by molar-refractivity contribution is 6.30. The van der Waals surface area contributed by atoms with Gasteiger partial charge in [0.25, 0.3) is 0 Å². The molecule has 20 heavy (non-hydrogen) atoms. The van der Waals surface area contributed by atoms with Crippen molar-refractivity contribution in [3.05, 3.63) is 44.9 Å². The minimum Gasteiger partial charge on any atom is -0.364 e. The minimum atomic E-state index is -0.499. The van der Waals surface area contributed by atoms with Crippen molar-refractivity contribution < 1.29 is 4.92 Å². The number of H-pyrrole nitrogens is 1. The van der Waals surface area contributed by atoms with Crippen LogP contribution in [-0.2, 0) is 6.42 Å². The first-order valence-corrected chi connectivity index (χ1v) is 6.48. The molecule has 106 valence electrons. The fourth-order valence-corrected chi connectivity index (χ4v) is 1.97. The lowest BCUT2D eigenvalue weighted by atomic mass is 10.1. The molecule has 0 aliphatic rings. The van der Waals surface area contributed by atoms with Crippen molar-refractivity contribution in [1.29, 1.82) is 0 Å². The number of aromatic amines is 1. The van der Waals surface area contributed by atoms with Crippen LogP contribution in [0, 0.1) is 17.0 Å². The smallest absolute Gasteiger partial charge is 0.312 e. The van der Waals surface area contributed by atoms with Gasteiger partial charge in [-0.05, 0) is 25.3 Å². The summed E-state index contributed by atoms with van der Waals surface area (Å²) in [7, 11) is 0. The Hall–Kier alpha value is -2.15. The van der Waals surface area contributed by atoms with Crippen LogP contribution in [0.3, 0.4) is 0 Å². The number of rotatable bonds is 6. The van der Waals surface area contributed by atoms with Crippen LogP contribution in [0.5, 0.6) is 0 Å². The van der Waals surface area contributed by atoms with Crippen molar-refractivity contribution in [3.63, 3.8) is 0 Å². The van der Waals surface area contributed by atoms with Gasteiger partial charge in [-0.3, -0.25) is 15.2 Å². The van der Waals surface area contributed by atoms with Crippen LogP contribution >= 0.6 is 11.6 Å². The van der Waals surface area contributed by atoms with Crippen molar-refractivity contribution >= 4 is 23.1 Å². The lowest BCUT2D eigenvalue weighted by Crippen LogP contribution is -2.07. The topological polar surface area (TPSA) is 96.7 Å². The molecule has 0 bridgehead atoms. The molecule has 2 heterocycles. The van der Waals surface area contributed by atoms with Crippen LogP contribution in [0.1, 0.15) is 17.7 Å². The second-order valence-electron chi connectivity index (χ2n) is 4.33. The molecule has 7 nitrogen and oxygen atoms in total. The summed E-state index contributed by atoms with van der Waals surface area (Å²) in [6.45, 7) is 2.54. The minimum absolute atomic E-state index is 0.114. The average Bonchev–Trinajstić information content (AvgIpc) is 2.81. The summed E-state index contributed by atoms with van der Waals surface area (Å²) in [4.78, 5) is 14.3. The molecule has 0 spiro atoms. The number of pyridine rings is 1. The van der Waals surface area contributed by atoms with Crippen LogP contribution in [-0.4, -0.2) is 26.6 Å². The maximum atomic E-state index is 10.9. The van der Waals surface area contributed by atoms with Crippen LogP contribution in [0.4, 0.5) is 11.5 Å². The van der Waals surface area contributed by atoms with E-state index in [4.69, 9.17) is 11.6 Å². The molecule has 2 aromatic heterocycles. The Balaban J connectivity index is 1.91. The number of aryl methyl sites for hydroxylation is 2. The van der Waals surface area contributed by atoms with Gasteiger partial charge >= 0.3 is 5.69 Å². The van der Waals surface area contributed by atoms with E-state index in [1.165, 1.54) is 12.3 Å². The van der Waals surface area contributed by atoms with Crippen LogP contribution in [0.2, 0.25) is 5.02 Å². The monoisotopic (exact) mass is 295 g/mol. The Bertz CT molecular complexity index is 614. The third-order valence-electron chi connectivity index (χ3n) is 2.88. The highest BCUT2D eigenvalue weighted by Crippen LogP contribution is 2.24. The summed E-state index contributed by atoms with van der Waals surface area (Å²) >= 11 is 5.70. The molecule has 0 unspecified atom stereocenters. The van der Waals surface area contributed by atoms with E-state index < -0.39 is 4.92 Å². The Kier molecular flexibility index (Phi) is 4.52. The Morgan fingerprint density at radius 2 is 2.30 bits per heavy atom. The number of hydrogen-bond donors (Lipinski definition) is 2. The molecule has 0 radical (unpaired) electrons. The standard InChI is InChI=1S/C12H14ClN5O2/c1-8-9(6-16-17-8)3-2-4-14-12-11(18(19)20)5-10(13)7-15-12/h5-7H,2-4H2,1H3,(H,14,15)(H,16,17). The fraction of sp³-hybridized carbons (Fsp3) is 0.333. The summed E-state index contributed by atoms with van der Waals surface area (Å²) in [5.74, 6) is 0.239. The molecule has 0 aromatic carbocycles. The highest BCUT2D eigenvalue weighted by atomic mass is 35.5. The number of anilines is 1. The molecule has 0 aliphatic carbocycles. The first kappa shape index (κ1) is 14.3. The number of nitrogens with one attached hydrogen (secondary N) is 2. The molecular weight excluding hydrogens is 282 g/mol. The number of nitrogens with zero attached hydrogens (tertiary/aromatic N) is 3. The van der Waals surface area contributed by atoms with Gasteiger partial charge in [0.15, 0.2) is 0 Å². The van der Waals surface area contributed by atoms with Crippen molar-refractivity contribution in [2.24, 2.45) is 0 Å². The fourth-order valence-electron chi connectivity index (χ4n) is 1.82. The molecule has 0 atom stereocenters. The van der Waals surface area contributed by atoms with E-state index in [0.29, 0.717) is 6.54 Å². The van der Waals surface area contributed by atoms with Gasteiger partial charge < -0.3 is 5.32 Å². The van der Waals surface area contributed by atoms with Gasteiger partial charge in [-0.1, -0.05) is 11.6 Å². The van der Waals surface area contributed by atoms with Gasteiger partial charge in [0, 0.05) is 24.5 Å². The number of nitro groups is 1. The quantitative estimate of drug-likeness (QED) is 0.485. The second kappa shape index (κ2) is 6.33. The van der Waals surface area contributed by atoms with Crippen molar-refractivity contribution in [3.8, 4) is 0 Å². The molecule has 2 rings (SSSR count). The maximum Gasteiger partial charge on any atom is 0.312 e. The Morgan fingerprint density at radius 3 is 2.95 bits per heavy atom. The Morgan fingerprint density at radius 1 is 1.50 bits per heavy atom. The molecule has 2 N–H and O–H groups in total. The van der Waals surface area contributed by atoms with E-state index in [1.54, 1.807) is 6.20 Å². The number of hydrogen-bond acceptors (Lipinski definition) is 5. The highest BCUT2D eigenvalue weighted by Gasteiger charge is 2.15. The van der Waals surface area contributed by atoms with Gasteiger partial charge in [-0.2, -0.15) is 5.10 Å². The predicted octanol–water partition coefficient (Wildman–Crippen LogP) is 2.72. The summed E-state index contributed by atoms with van der Waals surface area (Å²) in [5, 5.41) is 20.9. The van der Waals surface area contributed by atoms with Crippen LogP contribution in [0.25, 0.3) is 0 Å². The van der Waals surface area contributed by atoms with Crippen molar-refractivity contribution in [1.82, 2.24) is 15.2 Å². The number of aromatic nitrogens is 3. The molecule has 0 saturated carbocycles. The third-order valence-corrected chi connectivity index (χ3v) is 3.09. The van der Waals surface area contributed by atoms with Crippen molar-refractivity contribution in [2.75, 3.05) is 11.9 Å². The van der Waals surface area contributed by atoms with E-state index in [2.05, 4.69) is 20.5 Å². The van der Waals surface area contributed by atoms with Crippen molar-refractivity contribution in [2.45, 2.75) is 19.8 Å².